The summed E-state index contributed by atoms with van der Waals surface area (Å²) in [6.07, 6.45) is 3.71. The summed E-state index contributed by atoms with van der Waals surface area (Å²) in [6.45, 7) is -0.0327. The maximum Gasteiger partial charge on any atom is 0.245 e. The van der Waals surface area contributed by atoms with Crippen molar-refractivity contribution >= 4 is 29.8 Å². The number of aromatic hydroxyl groups is 1. The molecule has 1 rings (SSSR count). The first kappa shape index (κ1) is 19.1. The fourth-order valence-electron chi connectivity index (χ4n) is 2.08. The Bertz CT molecular complexity index is 631. The summed E-state index contributed by atoms with van der Waals surface area (Å²) < 4.78 is 5.17. The summed E-state index contributed by atoms with van der Waals surface area (Å²) in [5.74, 6) is 0.0127. The Kier molecular flexibility index (Phi) is 6.91. The van der Waals surface area contributed by atoms with Crippen molar-refractivity contribution in [3.63, 3.8) is 0 Å². The van der Waals surface area contributed by atoms with Crippen LogP contribution in [0.5, 0.6) is 11.5 Å². The van der Waals surface area contributed by atoms with Gasteiger partial charge in [0, 0.05) is 46.0 Å². The normalized spacial score (nSPS) is 10.4. The van der Waals surface area contributed by atoms with Crippen molar-refractivity contribution in [2.24, 2.45) is 0 Å². The third-order valence-electron chi connectivity index (χ3n) is 3.46. The number of phenols is 1. The lowest BCUT2D eigenvalue weighted by Gasteiger charge is -2.18. The second kappa shape index (κ2) is 8.66. The standard InChI is InChI=1S/C16H24N4O4/c1-17-12-8-13(24-5)16(23)11(15(12)18-2)6-7-20(4)14(22)9-19(3)10-21/h6-8,10,17-18,23H,9H2,1-5H3/b7-6+. The van der Waals surface area contributed by atoms with Crippen LogP contribution in [0.4, 0.5) is 11.4 Å². The predicted molar refractivity (Wildman–Crippen MR) is 94.3 cm³/mol. The molecule has 0 aliphatic rings. The molecule has 1 aromatic carbocycles. The number of amides is 2. The molecule has 0 unspecified atom stereocenters. The maximum atomic E-state index is 12.0. The van der Waals surface area contributed by atoms with E-state index in [1.165, 1.54) is 30.2 Å². The number of carbonyl (C=O) groups is 2. The number of hydrogen-bond acceptors (Lipinski definition) is 6. The van der Waals surface area contributed by atoms with Crippen LogP contribution >= 0.6 is 0 Å². The van der Waals surface area contributed by atoms with Crippen LogP contribution in [-0.2, 0) is 9.59 Å². The molecule has 0 saturated carbocycles. The monoisotopic (exact) mass is 336 g/mol. The van der Waals surface area contributed by atoms with E-state index in [9.17, 15) is 14.7 Å². The first-order chi connectivity index (χ1) is 11.4. The van der Waals surface area contributed by atoms with Crippen LogP contribution in [0.15, 0.2) is 12.3 Å². The summed E-state index contributed by atoms with van der Waals surface area (Å²) in [4.78, 5) is 25.2. The van der Waals surface area contributed by atoms with Crippen LogP contribution < -0.4 is 15.4 Å². The molecule has 0 radical (unpaired) electrons. The first-order valence-electron chi connectivity index (χ1n) is 7.28. The molecular weight excluding hydrogens is 312 g/mol. The molecule has 132 valence electrons. The minimum absolute atomic E-state index is 0.0327. The molecular formula is C16H24N4O4. The average Bonchev–Trinajstić information content (AvgIpc) is 2.59. The number of anilines is 2. The summed E-state index contributed by atoms with van der Waals surface area (Å²) in [5, 5.41) is 16.4. The van der Waals surface area contributed by atoms with Crippen molar-refractivity contribution in [2.75, 3.05) is 52.5 Å². The molecule has 8 nitrogen and oxygen atoms in total. The molecule has 8 heteroatoms. The minimum atomic E-state index is -0.261. The van der Waals surface area contributed by atoms with Crippen molar-refractivity contribution in [3.05, 3.63) is 17.8 Å². The van der Waals surface area contributed by atoms with E-state index < -0.39 is 0 Å². The maximum absolute atomic E-state index is 12.0. The fraction of sp³-hybridized carbons (Fsp3) is 0.375. The highest BCUT2D eigenvalue weighted by molar-refractivity contribution is 5.87. The lowest BCUT2D eigenvalue weighted by atomic mass is 10.1. The quantitative estimate of drug-likeness (QED) is 0.484. The molecule has 0 aliphatic carbocycles. The van der Waals surface area contributed by atoms with Gasteiger partial charge in [-0.3, -0.25) is 9.59 Å². The van der Waals surface area contributed by atoms with Crippen LogP contribution in [0.3, 0.4) is 0 Å². The van der Waals surface area contributed by atoms with Crippen molar-refractivity contribution < 1.29 is 19.4 Å². The highest BCUT2D eigenvalue weighted by Crippen LogP contribution is 2.41. The second-order valence-electron chi connectivity index (χ2n) is 5.10. The number of rotatable bonds is 8. The molecule has 0 heterocycles. The molecule has 0 fully saturated rings. The van der Waals surface area contributed by atoms with E-state index in [0.717, 1.165) is 5.69 Å². The zero-order valence-electron chi connectivity index (χ0n) is 14.6. The molecule has 0 spiro atoms. The van der Waals surface area contributed by atoms with Crippen molar-refractivity contribution in [3.8, 4) is 11.5 Å². The van der Waals surface area contributed by atoms with E-state index in [1.54, 1.807) is 33.3 Å². The number of benzene rings is 1. The van der Waals surface area contributed by atoms with Crippen LogP contribution in [0.1, 0.15) is 5.56 Å². The zero-order valence-corrected chi connectivity index (χ0v) is 14.6. The van der Waals surface area contributed by atoms with Gasteiger partial charge in [0.15, 0.2) is 11.5 Å². The number of likely N-dealkylation sites (N-methyl/N-ethyl adjacent to an activating group) is 2. The van der Waals surface area contributed by atoms with Gasteiger partial charge in [0.05, 0.1) is 25.0 Å². The molecule has 2 amide bonds. The predicted octanol–water partition coefficient (Wildman–Crippen LogP) is 1.00. The molecule has 0 saturated heterocycles. The minimum Gasteiger partial charge on any atom is -0.504 e. The van der Waals surface area contributed by atoms with Gasteiger partial charge in [-0.25, -0.2) is 0 Å². The Morgan fingerprint density at radius 2 is 2.00 bits per heavy atom. The molecule has 24 heavy (non-hydrogen) atoms. The van der Waals surface area contributed by atoms with Gasteiger partial charge >= 0.3 is 0 Å². The summed E-state index contributed by atoms with van der Waals surface area (Å²) >= 11 is 0. The van der Waals surface area contributed by atoms with Gasteiger partial charge in [-0.05, 0) is 6.08 Å². The molecule has 0 aromatic heterocycles. The number of nitrogens with zero attached hydrogens (tertiary/aromatic N) is 2. The Balaban J connectivity index is 3.16. The summed E-state index contributed by atoms with van der Waals surface area (Å²) in [7, 11) is 8.05. The Labute approximate surface area is 141 Å². The van der Waals surface area contributed by atoms with E-state index in [0.29, 0.717) is 23.4 Å². The van der Waals surface area contributed by atoms with Gasteiger partial charge in [-0.15, -0.1) is 0 Å². The second-order valence-corrected chi connectivity index (χ2v) is 5.10. The molecule has 0 bridgehead atoms. The van der Waals surface area contributed by atoms with Gasteiger partial charge in [0.1, 0.15) is 0 Å². The van der Waals surface area contributed by atoms with E-state index >= 15 is 0 Å². The van der Waals surface area contributed by atoms with Gasteiger partial charge in [-0.1, -0.05) is 0 Å². The highest BCUT2D eigenvalue weighted by Gasteiger charge is 2.16. The van der Waals surface area contributed by atoms with Crippen molar-refractivity contribution in [2.45, 2.75) is 0 Å². The largest absolute Gasteiger partial charge is 0.504 e. The van der Waals surface area contributed by atoms with Gasteiger partial charge in [0.25, 0.3) is 0 Å². The number of methoxy groups -OCH3 is 1. The number of phenolic OH excluding ortho intramolecular Hbond substituents is 1. The first-order valence-corrected chi connectivity index (χ1v) is 7.28. The van der Waals surface area contributed by atoms with Crippen LogP contribution in [0, 0.1) is 0 Å². The van der Waals surface area contributed by atoms with Gasteiger partial charge in [0.2, 0.25) is 12.3 Å². The van der Waals surface area contributed by atoms with Crippen LogP contribution in [0.25, 0.3) is 6.08 Å². The fourth-order valence-corrected chi connectivity index (χ4v) is 2.08. The lowest BCUT2D eigenvalue weighted by molar-refractivity contribution is -0.131. The molecule has 1 aromatic rings. The van der Waals surface area contributed by atoms with Gasteiger partial charge < -0.3 is 30.3 Å². The van der Waals surface area contributed by atoms with E-state index in [-0.39, 0.29) is 18.2 Å². The summed E-state index contributed by atoms with van der Waals surface area (Å²) in [6, 6.07) is 1.67. The Morgan fingerprint density at radius 1 is 1.33 bits per heavy atom. The lowest BCUT2D eigenvalue weighted by Crippen LogP contribution is -2.33. The Morgan fingerprint density at radius 3 is 2.50 bits per heavy atom. The molecule has 0 aliphatic heterocycles. The third-order valence-corrected chi connectivity index (χ3v) is 3.46. The SMILES string of the molecule is CNc1cc(OC)c(O)c(/C=C/N(C)C(=O)CN(C)C=O)c1NC. The molecule has 3 N–H and O–H groups in total. The van der Waals surface area contributed by atoms with E-state index in [2.05, 4.69) is 10.6 Å². The van der Waals surface area contributed by atoms with Crippen LogP contribution in [-0.4, -0.2) is 69.1 Å². The zero-order chi connectivity index (χ0) is 18.3. The summed E-state index contributed by atoms with van der Waals surface area (Å²) in [5.41, 5.74) is 1.88. The van der Waals surface area contributed by atoms with Crippen molar-refractivity contribution in [1.29, 1.82) is 0 Å². The number of hydrogen-bond donors (Lipinski definition) is 3. The van der Waals surface area contributed by atoms with Gasteiger partial charge in [-0.2, -0.15) is 0 Å². The third kappa shape index (κ3) is 4.31. The number of nitrogens with one attached hydrogen (secondary N) is 2. The van der Waals surface area contributed by atoms with E-state index in [1.807, 2.05) is 0 Å². The smallest absolute Gasteiger partial charge is 0.245 e. The number of ether oxygens (including phenoxy) is 1. The highest BCUT2D eigenvalue weighted by atomic mass is 16.5. The average molecular weight is 336 g/mol. The van der Waals surface area contributed by atoms with Crippen LogP contribution in [0.2, 0.25) is 0 Å². The molecule has 0 atom stereocenters. The Hall–Kier alpha value is -2.90. The topological polar surface area (TPSA) is 94.1 Å². The van der Waals surface area contributed by atoms with Crippen molar-refractivity contribution in [1.82, 2.24) is 9.80 Å². The number of carbonyl (C=O) groups excluding carboxylic acids is 2. The van der Waals surface area contributed by atoms with E-state index in [4.69, 9.17) is 4.74 Å².